The standard InChI is InChI=1S/C16H22F3N3O2/c1-15(2,3)24-14(23)22-8-6-10(7-9-22)11-4-5-12(20)21-13(11)16(17,18)19/h4-5,10H,6-9H2,1-3H3,(H2,20,21). The molecule has 1 aromatic rings. The lowest BCUT2D eigenvalue weighted by Gasteiger charge is -2.34. The Hall–Kier alpha value is -1.99. The van der Waals surface area contributed by atoms with Crippen LogP contribution in [0.4, 0.5) is 23.8 Å². The Morgan fingerprint density at radius 3 is 2.33 bits per heavy atom. The minimum Gasteiger partial charge on any atom is -0.444 e. The molecule has 0 aromatic carbocycles. The second kappa shape index (κ2) is 6.49. The molecule has 8 heteroatoms. The summed E-state index contributed by atoms with van der Waals surface area (Å²) in [5, 5.41) is 0. The van der Waals surface area contributed by atoms with Gasteiger partial charge < -0.3 is 15.4 Å². The number of likely N-dealkylation sites (tertiary alicyclic amines) is 1. The summed E-state index contributed by atoms with van der Waals surface area (Å²) >= 11 is 0. The maximum absolute atomic E-state index is 13.2. The van der Waals surface area contributed by atoms with Gasteiger partial charge in [-0.25, -0.2) is 9.78 Å². The van der Waals surface area contributed by atoms with Gasteiger partial charge in [-0.15, -0.1) is 0 Å². The summed E-state index contributed by atoms with van der Waals surface area (Å²) in [6, 6.07) is 2.77. The predicted molar refractivity (Wildman–Crippen MR) is 83.4 cm³/mol. The quantitative estimate of drug-likeness (QED) is 0.841. The van der Waals surface area contributed by atoms with Crippen LogP contribution >= 0.6 is 0 Å². The number of nitrogen functional groups attached to an aromatic ring is 1. The fourth-order valence-electron chi connectivity index (χ4n) is 2.74. The average molecular weight is 345 g/mol. The van der Waals surface area contributed by atoms with E-state index in [1.807, 2.05) is 0 Å². The molecule has 0 bridgehead atoms. The maximum Gasteiger partial charge on any atom is 0.433 e. The highest BCUT2D eigenvalue weighted by molar-refractivity contribution is 5.68. The molecule has 2 heterocycles. The fraction of sp³-hybridized carbons (Fsp3) is 0.625. The van der Waals surface area contributed by atoms with Gasteiger partial charge in [-0.2, -0.15) is 13.2 Å². The normalized spacial score (nSPS) is 17.0. The summed E-state index contributed by atoms with van der Waals surface area (Å²) in [6.45, 7) is 6.01. The van der Waals surface area contributed by atoms with E-state index in [4.69, 9.17) is 10.5 Å². The molecule has 2 N–H and O–H groups in total. The number of pyridine rings is 1. The van der Waals surface area contributed by atoms with Crippen LogP contribution in [0.25, 0.3) is 0 Å². The lowest BCUT2D eigenvalue weighted by molar-refractivity contribution is -0.142. The summed E-state index contributed by atoms with van der Waals surface area (Å²) in [5.74, 6) is -0.467. The van der Waals surface area contributed by atoms with Gasteiger partial charge >= 0.3 is 12.3 Å². The largest absolute Gasteiger partial charge is 0.444 e. The molecule has 1 aliphatic heterocycles. The summed E-state index contributed by atoms with van der Waals surface area (Å²) < 4.78 is 44.8. The van der Waals surface area contributed by atoms with Gasteiger partial charge in [-0.1, -0.05) is 6.07 Å². The zero-order chi connectivity index (χ0) is 18.1. The molecule has 134 valence electrons. The topological polar surface area (TPSA) is 68.5 Å². The van der Waals surface area contributed by atoms with Crippen LogP contribution in [0.1, 0.15) is 50.8 Å². The number of alkyl halides is 3. The molecule has 0 spiro atoms. The second-order valence-corrected chi connectivity index (χ2v) is 6.91. The van der Waals surface area contributed by atoms with Gasteiger partial charge in [0.25, 0.3) is 0 Å². The number of hydrogen-bond donors (Lipinski definition) is 1. The fourth-order valence-corrected chi connectivity index (χ4v) is 2.74. The number of carbonyl (C=O) groups excluding carboxylic acids is 1. The Balaban J connectivity index is 2.09. The first-order valence-electron chi connectivity index (χ1n) is 7.79. The molecule has 24 heavy (non-hydrogen) atoms. The van der Waals surface area contributed by atoms with E-state index in [2.05, 4.69) is 4.98 Å². The summed E-state index contributed by atoms with van der Waals surface area (Å²) in [6.07, 6.45) is -4.14. The van der Waals surface area contributed by atoms with Crippen LogP contribution in [0.2, 0.25) is 0 Å². The average Bonchev–Trinajstić information content (AvgIpc) is 2.44. The van der Waals surface area contributed by atoms with Crippen molar-refractivity contribution < 1.29 is 22.7 Å². The number of anilines is 1. The van der Waals surface area contributed by atoms with E-state index in [9.17, 15) is 18.0 Å². The van der Waals surface area contributed by atoms with Crippen molar-refractivity contribution in [2.45, 2.75) is 51.3 Å². The third-order valence-electron chi connectivity index (χ3n) is 3.80. The minimum absolute atomic E-state index is 0.139. The van der Waals surface area contributed by atoms with E-state index in [1.165, 1.54) is 17.0 Å². The van der Waals surface area contributed by atoms with E-state index in [0.717, 1.165) is 0 Å². The zero-order valence-electron chi connectivity index (χ0n) is 14.0. The monoisotopic (exact) mass is 345 g/mol. The van der Waals surface area contributed by atoms with Gasteiger partial charge in [0.1, 0.15) is 17.1 Å². The van der Waals surface area contributed by atoms with Crippen LogP contribution in [0.3, 0.4) is 0 Å². The summed E-state index contributed by atoms with van der Waals surface area (Å²) in [4.78, 5) is 17.0. The lowest BCUT2D eigenvalue weighted by atomic mass is 9.88. The highest BCUT2D eigenvalue weighted by Crippen LogP contribution is 2.38. The number of hydrogen-bond acceptors (Lipinski definition) is 4. The number of halogens is 3. The first-order valence-corrected chi connectivity index (χ1v) is 7.79. The lowest BCUT2D eigenvalue weighted by Crippen LogP contribution is -2.41. The van der Waals surface area contributed by atoms with Crippen molar-refractivity contribution in [1.29, 1.82) is 0 Å². The molecule has 0 aliphatic carbocycles. The molecule has 1 aliphatic rings. The van der Waals surface area contributed by atoms with E-state index < -0.39 is 23.6 Å². The van der Waals surface area contributed by atoms with Crippen LogP contribution < -0.4 is 5.73 Å². The molecule has 0 unspecified atom stereocenters. The zero-order valence-corrected chi connectivity index (χ0v) is 14.0. The van der Waals surface area contributed by atoms with Crippen molar-refractivity contribution >= 4 is 11.9 Å². The molecule has 5 nitrogen and oxygen atoms in total. The predicted octanol–water partition coefficient (Wildman–Crippen LogP) is 3.80. The van der Waals surface area contributed by atoms with Crippen molar-refractivity contribution in [2.24, 2.45) is 0 Å². The smallest absolute Gasteiger partial charge is 0.433 e. The van der Waals surface area contributed by atoms with Crippen molar-refractivity contribution in [3.8, 4) is 0 Å². The van der Waals surface area contributed by atoms with Crippen molar-refractivity contribution in [2.75, 3.05) is 18.8 Å². The Labute approximate surface area is 139 Å². The number of aromatic nitrogens is 1. The molecule has 0 radical (unpaired) electrons. The number of piperidine rings is 1. The van der Waals surface area contributed by atoms with Crippen molar-refractivity contribution in [1.82, 2.24) is 9.88 Å². The van der Waals surface area contributed by atoms with Gasteiger partial charge in [0.05, 0.1) is 0 Å². The van der Waals surface area contributed by atoms with Crippen molar-refractivity contribution in [3.63, 3.8) is 0 Å². The number of carbonyl (C=O) groups is 1. The number of rotatable bonds is 1. The van der Waals surface area contributed by atoms with Gasteiger partial charge in [-0.05, 0) is 51.2 Å². The van der Waals surface area contributed by atoms with Crippen LogP contribution in [-0.2, 0) is 10.9 Å². The van der Waals surface area contributed by atoms with E-state index in [0.29, 0.717) is 25.9 Å². The van der Waals surface area contributed by atoms with Gasteiger partial charge in [0.2, 0.25) is 0 Å². The number of ether oxygens (including phenoxy) is 1. The van der Waals surface area contributed by atoms with Crippen LogP contribution in [-0.4, -0.2) is 34.7 Å². The highest BCUT2D eigenvalue weighted by atomic mass is 19.4. The van der Waals surface area contributed by atoms with Crippen LogP contribution in [0.15, 0.2) is 12.1 Å². The third-order valence-corrected chi connectivity index (χ3v) is 3.80. The SMILES string of the molecule is CC(C)(C)OC(=O)N1CCC(c2ccc(N)nc2C(F)(F)F)CC1. The Kier molecular flexibility index (Phi) is 4.96. The Morgan fingerprint density at radius 1 is 1.25 bits per heavy atom. The minimum atomic E-state index is -4.55. The molecule has 1 amide bonds. The molecular weight excluding hydrogens is 323 g/mol. The van der Waals surface area contributed by atoms with E-state index in [-0.39, 0.29) is 17.3 Å². The summed E-state index contributed by atoms with van der Waals surface area (Å²) in [5.41, 5.74) is 4.00. The first-order chi connectivity index (χ1) is 11.0. The van der Waals surface area contributed by atoms with Crippen LogP contribution in [0.5, 0.6) is 0 Å². The summed E-state index contributed by atoms with van der Waals surface area (Å²) in [7, 11) is 0. The van der Waals surface area contributed by atoms with Gasteiger partial charge in [0, 0.05) is 13.1 Å². The van der Waals surface area contributed by atoms with Gasteiger partial charge in [-0.3, -0.25) is 0 Å². The van der Waals surface area contributed by atoms with Crippen LogP contribution in [0, 0.1) is 0 Å². The van der Waals surface area contributed by atoms with E-state index >= 15 is 0 Å². The number of nitrogens with zero attached hydrogens (tertiary/aromatic N) is 2. The van der Waals surface area contributed by atoms with Crippen molar-refractivity contribution in [3.05, 3.63) is 23.4 Å². The number of nitrogens with two attached hydrogens (primary N) is 1. The first kappa shape index (κ1) is 18.4. The Morgan fingerprint density at radius 2 is 1.83 bits per heavy atom. The molecule has 1 saturated heterocycles. The second-order valence-electron chi connectivity index (χ2n) is 6.91. The molecule has 1 fully saturated rings. The Bertz CT molecular complexity index is 604. The molecule has 0 saturated carbocycles. The van der Waals surface area contributed by atoms with Gasteiger partial charge in [0.15, 0.2) is 0 Å². The molecule has 1 aromatic heterocycles. The third kappa shape index (κ3) is 4.52. The highest BCUT2D eigenvalue weighted by Gasteiger charge is 2.38. The number of amides is 1. The molecule has 2 rings (SSSR count). The maximum atomic E-state index is 13.2. The molecular formula is C16H22F3N3O2. The van der Waals surface area contributed by atoms with E-state index in [1.54, 1.807) is 20.8 Å². The molecule has 0 atom stereocenters.